The fourth-order valence-corrected chi connectivity index (χ4v) is 3.93. The summed E-state index contributed by atoms with van der Waals surface area (Å²) in [6, 6.07) is 19.2. The van der Waals surface area contributed by atoms with Crippen LogP contribution in [0.15, 0.2) is 58.4 Å². The van der Waals surface area contributed by atoms with E-state index in [1.165, 1.54) is 21.2 Å². The second-order valence-corrected chi connectivity index (χ2v) is 7.20. The highest BCUT2D eigenvalue weighted by atomic mass is 79.9. The van der Waals surface area contributed by atoms with Gasteiger partial charge < -0.3 is 0 Å². The van der Waals surface area contributed by atoms with E-state index in [0.717, 1.165) is 10.2 Å². The normalized spacial score (nSPS) is 12.7. The summed E-state index contributed by atoms with van der Waals surface area (Å²) in [5, 5.41) is 2.57. The van der Waals surface area contributed by atoms with Gasteiger partial charge in [-0.3, -0.25) is 11.3 Å². The van der Waals surface area contributed by atoms with E-state index in [2.05, 4.69) is 76.0 Å². The Morgan fingerprint density at radius 1 is 1.05 bits per heavy atom. The Bertz CT molecular complexity index is 718. The molecule has 3 aromatic rings. The van der Waals surface area contributed by atoms with Crippen LogP contribution in [0, 0.1) is 0 Å². The van der Waals surface area contributed by atoms with Crippen molar-refractivity contribution in [3.8, 4) is 0 Å². The molecule has 3 N–H and O–H groups in total. The van der Waals surface area contributed by atoms with E-state index < -0.39 is 0 Å². The minimum Gasteiger partial charge on any atom is -0.271 e. The van der Waals surface area contributed by atoms with E-state index in [1.54, 1.807) is 11.3 Å². The Hall–Kier alpha value is -1.20. The van der Waals surface area contributed by atoms with Crippen molar-refractivity contribution < 1.29 is 0 Å². The third-order valence-corrected chi connectivity index (χ3v) is 5.18. The molecule has 2 nitrogen and oxygen atoms in total. The van der Waals surface area contributed by atoms with Gasteiger partial charge in [-0.15, -0.1) is 11.3 Å². The van der Waals surface area contributed by atoms with Gasteiger partial charge in [0.15, 0.2) is 0 Å². The van der Waals surface area contributed by atoms with E-state index in [1.807, 2.05) is 0 Å². The Kier molecular flexibility index (Phi) is 4.17. The molecule has 3 rings (SSSR count). The fourth-order valence-electron chi connectivity index (χ4n) is 2.45. The molecule has 2 aromatic carbocycles. The Morgan fingerprint density at radius 3 is 2.60 bits per heavy atom. The molecular formula is C16H15BrN2S. The van der Waals surface area contributed by atoms with Crippen LogP contribution in [0.25, 0.3) is 10.8 Å². The van der Waals surface area contributed by atoms with Crippen molar-refractivity contribution in [2.75, 3.05) is 0 Å². The molecule has 1 unspecified atom stereocenters. The quantitative estimate of drug-likeness (QED) is 0.542. The summed E-state index contributed by atoms with van der Waals surface area (Å²) in [6.45, 7) is 0. The molecule has 0 aliphatic carbocycles. The lowest BCUT2D eigenvalue weighted by atomic mass is 9.98. The highest BCUT2D eigenvalue weighted by Gasteiger charge is 2.14. The van der Waals surface area contributed by atoms with Crippen molar-refractivity contribution in [1.29, 1.82) is 0 Å². The first-order valence-electron chi connectivity index (χ1n) is 6.46. The third kappa shape index (κ3) is 2.79. The maximum absolute atomic E-state index is 5.75. The lowest BCUT2D eigenvalue weighted by Gasteiger charge is -2.15. The molecule has 0 aliphatic rings. The Morgan fingerprint density at radius 2 is 1.85 bits per heavy atom. The molecule has 0 saturated carbocycles. The first-order valence-corrected chi connectivity index (χ1v) is 8.07. The van der Waals surface area contributed by atoms with Gasteiger partial charge in [-0.25, -0.2) is 0 Å². The van der Waals surface area contributed by atoms with Crippen molar-refractivity contribution in [2.45, 2.75) is 12.5 Å². The van der Waals surface area contributed by atoms with Gasteiger partial charge in [-0.2, -0.15) is 0 Å². The summed E-state index contributed by atoms with van der Waals surface area (Å²) in [7, 11) is 0. The lowest BCUT2D eigenvalue weighted by molar-refractivity contribution is 0.562. The summed E-state index contributed by atoms with van der Waals surface area (Å²) < 4.78 is 1.13. The Balaban J connectivity index is 1.95. The van der Waals surface area contributed by atoms with Gasteiger partial charge >= 0.3 is 0 Å². The molecule has 0 radical (unpaired) electrons. The maximum atomic E-state index is 5.75. The van der Waals surface area contributed by atoms with Crippen molar-refractivity contribution in [2.24, 2.45) is 5.84 Å². The van der Waals surface area contributed by atoms with Crippen LogP contribution in [0.1, 0.15) is 16.5 Å². The monoisotopic (exact) mass is 346 g/mol. The minimum atomic E-state index is 0.136. The molecule has 1 heterocycles. The minimum absolute atomic E-state index is 0.136. The molecule has 0 saturated heterocycles. The van der Waals surface area contributed by atoms with Crippen LogP contribution in [-0.4, -0.2) is 0 Å². The van der Waals surface area contributed by atoms with E-state index in [0.29, 0.717) is 0 Å². The van der Waals surface area contributed by atoms with Gasteiger partial charge in [0.05, 0.1) is 9.83 Å². The maximum Gasteiger partial charge on any atom is 0.0702 e. The van der Waals surface area contributed by atoms with Gasteiger partial charge in [-0.05, 0) is 50.8 Å². The van der Waals surface area contributed by atoms with Crippen molar-refractivity contribution in [3.63, 3.8) is 0 Å². The number of hydrogen-bond acceptors (Lipinski definition) is 3. The van der Waals surface area contributed by atoms with Gasteiger partial charge in [0, 0.05) is 4.88 Å². The predicted octanol–water partition coefficient (Wildman–Crippen LogP) is 4.41. The number of fused-ring (bicyclic) bond motifs is 1. The molecule has 0 bridgehead atoms. The van der Waals surface area contributed by atoms with Crippen LogP contribution in [0.5, 0.6) is 0 Å². The third-order valence-electron chi connectivity index (χ3n) is 3.44. The largest absolute Gasteiger partial charge is 0.271 e. The van der Waals surface area contributed by atoms with Gasteiger partial charge in [0.2, 0.25) is 0 Å². The number of hydrogen-bond donors (Lipinski definition) is 2. The number of halogens is 1. The molecule has 1 atom stereocenters. The zero-order chi connectivity index (χ0) is 13.9. The van der Waals surface area contributed by atoms with Crippen molar-refractivity contribution in [1.82, 2.24) is 5.43 Å². The molecular weight excluding hydrogens is 332 g/mol. The number of hydrazine groups is 1. The zero-order valence-corrected chi connectivity index (χ0v) is 13.2. The molecule has 0 spiro atoms. The van der Waals surface area contributed by atoms with Gasteiger partial charge in [0.1, 0.15) is 0 Å². The summed E-state index contributed by atoms with van der Waals surface area (Å²) in [5.74, 6) is 5.75. The average Bonchev–Trinajstić information content (AvgIpc) is 2.91. The standard InChI is InChI=1S/C16H15BrN2S/c17-16-9-8-15(20-16)14(19-18)10-12-6-3-5-11-4-1-2-7-13(11)12/h1-9,14,19H,10,18H2. The molecule has 0 aliphatic heterocycles. The van der Waals surface area contributed by atoms with Crippen molar-refractivity contribution in [3.05, 3.63) is 68.8 Å². The number of nitrogens with two attached hydrogens (primary N) is 1. The highest BCUT2D eigenvalue weighted by molar-refractivity contribution is 9.11. The second-order valence-electron chi connectivity index (χ2n) is 4.70. The summed E-state index contributed by atoms with van der Waals surface area (Å²) in [4.78, 5) is 1.24. The average molecular weight is 347 g/mol. The molecule has 1 aromatic heterocycles. The molecule has 20 heavy (non-hydrogen) atoms. The van der Waals surface area contributed by atoms with E-state index in [-0.39, 0.29) is 6.04 Å². The van der Waals surface area contributed by atoms with E-state index in [9.17, 15) is 0 Å². The summed E-state index contributed by atoms with van der Waals surface area (Å²) >= 11 is 5.22. The van der Waals surface area contributed by atoms with Gasteiger partial charge in [-0.1, -0.05) is 42.5 Å². The lowest BCUT2D eigenvalue weighted by Crippen LogP contribution is -2.29. The van der Waals surface area contributed by atoms with Crippen LogP contribution in [0.3, 0.4) is 0 Å². The predicted molar refractivity (Wildman–Crippen MR) is 89.7 cm³/mol. The molecule has 0 fully saturated rings. The number of rotatable bonds is 4. The van der Waals surface area contributed by atoms with E-state index >= 15 is 0 Å². The number of thiophene rings is 1. The second kappa shape index (κ2) is 6.06. The summed E-state index contributed by atoms with van der Waals surface area (Å²) in [5.41, 5.74) is 4.25. The topological polar surface area (TPSA) is 38.0 Å². The SMILES string of the molecule is NNC(Cc1cccc2ccccc12)c1ccc(Br)s1. The molecule has 0 amide bonds. The smallest absolute Gasteiger partial charge is 0.0702 e. The van der Waals surface area contributed by atoms with Gasteiger partial charge in [0.25, 0.3) is 0 Å². The van der Waals surface area contributed by atoms with Crippen LogP contribution in [0.2, 0.25) is 0 Å². The first-order chi connectivity index (χ1) is 9.78. The van der Waals surface area contributed by atoms with E-state index in [4.69, 9.17) is 5.84 Å². The van der Waals surface area contributed by atoms with Crippen LogP contribution in [-0.2, 0) is 6.42 Å². The number of nitrogens with one attached hydrogen (secondary N) is 1. The summed E-state index contributed by atoms with van der Waals surface area (Å²) in [6.07, 6.45) is 0.880. The molecule has 4 heteroatoms. The Labute approximate surface area is 130 Å². The number of benzene rings is 2. The highest BCUT2D eigenvalue weighted by Crippen LogP contribution is 2.30. The van der Waals surface area contributed by atoms with Crippen molar-refractivity contribution >= 4 is 38.0 Å². The van der Waals surface area contributed by atoms with Crippen LogP contribution >= 0.6 is 27.3 Å². The van der Waals surface area contributed by atoms with Crippen LogP contribution in [0.4, 0.5) is 0 Å². The fraction of sp³-hybridized carbons (Fsp3) is 0.125. The zero-order valence-electron chi connectivity index (χ0n) is 10.8. The first kappa shape index (κ1) is 13.8. The van der Waals surface area contributed by atoms with Crippen LogP contribution < -0.4 is 11.3 Å². The molecule has 102 valence electrons.